The Bertz CT molecular complexity index is 3200. The molecule has 9 fully saturated rings. The van der Waals surface area contributed by atoms with Gasteiger partial charge in [-0.2, -0.15) is 0 Å². The van der Waals surface area contributed by atoms with Crippen LogP contribution < -0.4 is 0 Å². The molecule has 6 bridgehead atoms. The molecule has 12 heterocycles. The zero-order chi connectivity index (χ0) is 57.4. The summed E-state index contributed by atoms with van der Waals surface area (Å²) in [7, 11) is 0. The molecule has 0 aliphatic carbocycles. The summed E-state index contributed by atoms with van der Waals surface area (Å²) in [6.07, 6.45) is 24.9. The van der Waals surface area contributed by atoms with Gasteiger partial charge in [0.1, 0.15) is 56.1 Å². The summed E-state index contributed by atoms with van der Waals surface area (Å²) < 4.78 is 24.3. The van der Waals surface area contributed by atoms with Crippen molar-refractivity contribution in [2.45, 2.75) is 94.6 Å². The van der Waals surface area contributed by atoms with Crippen molar-refractivity contribution in [1.29, 1.82) is 0 Å². The minimum absolute atomic E-state index is 0.144. The minimum Gasteiger partial charge on any atom is -0.363 e. The van der Waals surface area contributed by atoms with Crippen molar-refractivity contribution in [2.75, 3.05) is 59.1 Å². The molecule has 84 heavy (non-hydrogen) atoms. The van der Waals surface area contributed by atoms with E-state index < -0.39 is 0 Å². The van der Waals surface area contributed by atoms with Crippen LogP contribution in [0.25, 0.3) is 32.7 Å². The maximum absolute atomic E-state index is 7.16. The van der Waals surface area contributed by atoms with Crippen molar-refractivity contribution >= 4 is 32.7 Å². The Balaban J connectivity index is 0.963. The molecule has 0 saturated carbocycles. The number of benzene rings is 4. The van der Waals surface area contributed by atoms with Crippen molar-refractivity contribution in [3.8, 4) is 0 Å². The molecule has 0 unspecified atom stereocenters. The van der Waals surface area contributed by atoms with Crippen LogP contribution in [0.3, 0.4) is 0 Å². The Hall–Kier alpha value is -6.69. The number of nitrogens with zero attached hydrogens (tertiary/aromatic N) is 6. The van der Waals surface area contributed by atoms with Gasteiger partial charge in [0.05, 0.1) is 75.6 Å². The van der Waals surface area contributed by atoms with Crippen LogP contribution in [0.2, 0.25) is 0 Å². The van der Waals surface area contributed by atoms with Gasteiger partial charge >= 0.3 is 0 Å². The molecule has 16 rings (SSSR count). The number of para-hydroxylation sites is 3. The van der Waals surface area contributed by atoms with Gasteiger partial charge < -0.3 is 27.7 Å². The number of pyridine rings is 3. The highest BCUT2D eigenvalue weighted by atomic mass is 16.5. The number of piperidine rings is 9. The molecule has 9 aliphatic heterocycles. The maximum atomic E-state index is 7.16. The van der Waals surface area contributed by atoms with Crippen LogP contribution in [0.15, 0.2) is 204 Å². The van der Waals surface area contributed by atoms with Crippen LogP contribution >= 0.6 is 0 Å². The van der Waals surface area contributed by atoms with E-state index in [9.17, 15) is 0 Å². The third-order valence-electron chi connectivity index (χ3n) is 21.8. The van der Waals surface area contributed by atoms with E-state index in [1.807, 2.05) is 36.8 Å². The smallest absolute Gasteiger partial charge is 0.135 e. The molecular weight excluding hydrogens is 1030 g/mol. The molecule has 0 spiro atoms. The van der Waals surface area contributed by atoms with Crippen molar-refractivity contribution in [3.63, 3.8) is 0 Å². The molecule has 9 nitrogen and oxygen atoms in total. The summed E-state index contributed by atoms with van der Waals surface area (Å²) in [6, 6.07) is 41.1. The van der Waals surface area contributed by atoms with E-state index in [2.05, 4.69) is 167 Å². The quantitative estimate of drug-likeness (QED) is 0.0444. The van der Waals surface area contributed by atoms with Gasteiger partial charge in [-0.05, 0) is 89.0 Å². The van der Waals surface area contributed by atoms with E-state index in [1.165, 1.54) is 68.8 Å². The van der Waals surface area contributed by atoms with Crippen LogP contribution in [0, 0.1) is 35.5 Å². The van der Waals surface area contributed by atoms with Gasteiger partial charge in [-0.3, -0.25) is 15.0 Å². The number of hydrogen-bond donors (Lipinski definition) is 0. The first-order valence-electron chi connectivity index (χ1n) is 31.5. The van der Waals surface area contributed by atoms with E-state index in [4.69, 9.17) is 29.2 Å². The molecule has 7 aromatic rings. The summed E-state index contributed by atoms with van der Waals surface area (Å²) in [5.74, 6) is 2.94. The van der Waals surface area contributed by atoms with E-state index in [0.717, 1.165) is 108 Å². The fourth-order valence-electron chi connectivity index (χ4n) is 18.1. The predicted octanol–water partition coefficient (Wildman–Crippen LogP) is 14.9. The molecule has 9 saturated heterocycles. The number of quaternary nitrogens is 3. The Morgan fingerprint density at radius 3 is 1.00 bits per heavy atom. The van der Waals surface area contributed by atoms with E-state index in [1.54, 1.807) is 0 Å². The van der Waals surface area contributed by atoms with Crippen molar-refractivity contribution in [1.82, 2.24) is 15.0 Å². The highest BCUT2D eigenvalue weighted by Gasteiger charge is 2.58. The normalized spacial score (nSPS) is 30.6. The fourth-order valence-corrected chi connectivity index (χ4v) is 18.1. The Morgan fingerprint density at radius 2 is 0.714 bits per heavy atom. The zero-order valence-electron chi connectivity index (χ0n) is 49.4. The van der Waals surface area contributed by atoms with Crippen LogP contribution in [0.1, 0.15) is 90.2 Å². The average molecular weight is 1120 g/mol. The second kappa shape index (κ2) is 24.0. The van der Waals surface area contributed by atoms with E-state index in [-0.39, 0.29) is 36.4 Å². The molecule has 0 N–H and O–H groups in total. The van der Waals surface area contributed by atoms with Crippen LogP contribution in [-0.2, 0) is 33.8 Å². The Labute approximate surface area is 499 Å². The summed E-state index contributed by atoms with van der Waals surface area (Å²) in [6.45, 7) is 36.7. The molecule has 15 atom stereocenters. The van der Waals surface area contributed by atoms with Gasteiger partial charge in [-0.15, -0.1) is 39.5 Å². The number of rotatable bonds is 24. The topological polar surface area (TPSA) is 66.4 Å². The maximum Gasteiger partial charge on any atom is 0.135 e. The lowest BCUT2D eigenvalue weighted by molar-refractivity contribution is -0.986. The standard InChI is InChI=1S/C75H87N6O3/c1-7-37-82-73(64-25-31-76-67-22-16-13-19-61(64)67)70-43-58-28-34-79(70,49-55(58)10-4)46-52-40-53(47-80-35-29-59(56(11-5)50-80)44-71(80)74(83-38-8-2)65-26-32-77-68-23-17-14-20-62(65)68)42-54(41-52)48-81-36-30-60(57(12-6)51-81)45-72(81)75(84-39-9-3)66-27-33-78-69-24-18-15-21-63(66)69/h7-27,31-33,40-42,55-60,70-75H,1-6,28-30,34-39,43-51H2/q+3/t55-,56-,57-,58-,59-,60-,70+,71+,72+,73-,74-,75-,79+,80+,81+/m0/s1. The lowest BCUT2D eigenvalue weighted by atomic mass is 9.70. The van der Waals surface area contributed by atoms with Gasteiger partial charge in [0.25, 0.3) is 0 Å². The zero-order valence-corrected chi connectivity index (χ0v) is 49.4. The Morgan fingerprint density at radius 1 is 0.417 bits per heavy atom. The first-order chi connectivity index (χ1) is 41.2. The van der Waals surface area contributed by atoms with Crippen LogP contribution in [0.5, 0.6) is 0 Å². The lowest BCUT2D eigenvalue weighted by Gasteiger charge is -2.59. The van der Waals surface area contributed by atoms with Crippen LogP contribution in [0.4, 0.5) is 0 Å². The lowest BCUT2D eigenvalue weighted by Crippen LogP contribution is -2.68. The first kappa shape index (κ1) is 56.4. The predicted molar refractivity (Wildman–Crippen MR) is 340 cm³/mol. The largest absolute Gasteiger partial charge is 0.363 e. The highest BCUT2D eigenvalue weighted by Crippen LogP contribution is 2.53. The highest BCUT2D eigenvalue weighted by molar-refractivity contribution is 5.84. The minimum atomic E-state index is -0.144. The van der Waals surface area contributed by atoms with Gasteiger partial charge in [-0.25, -0.2) is 0 Å². The monoisotopic (exact) mass is 1120 g/mol. The molecule has 0 radical (unpaired) electrons. The second-order valence-corrected chi connectivity index (χ2v) is 26.1. The number of ether oxygens (including phenoxy) is 3. The van der Waals surface area contributed by atoms with E-state index in [0.29, 0.717) is 55.3 Å². The van der Waals surface area contributed by atoms with Gasteiger partial charge in [-0.1, -0.05) is 91.1 Å². The summed E-state index contributed by atoms with van der Waals surface area (Å²) in [4.78, 5) is 14.6. The van der Waals surface area contributed by atoms with Crippen LogP contribution in [-0.4, -0.2) is 106 Å². The number of hydrogen-bond acceptors (Lipinski definition) is 6. The van der Waals surface area contributed by atoms with E-state index >= 15 is 0 Å². The molecule has 3 aromatic heterocycles. The number of fused-ring (bicyclic) bond motifs is 12. The molecule has 9 aliphatic rings. The van der Waals surface area contributed by atoms with Gasteiger partial charge in [0, 0.05) is 108 Å². The molecule has 432 valence electrons. The average Bonchev–Trinajstić information content (AvgIpc) is 2.16. The van der Waals surface area contributed by atoms with Gasteiger partial charge in [0.2, 0.25) is 0 Å². The summed E-state index contributed by atoms with van der Waals surface area (Å²) in [5, 5.41) is 3.51. The first-order valence-corrected chi connectivity index (χ1v) is 31.5. The van der Waals surface area contributed by atoms with Gasteiger partial charge in [0.15, 0.2) is 0 Å². The Kier molecular flexibility index (Phi) is 16.1. The molecule has 4 aromatic carbocycles. The van der Waals surface area contributed by atoms with Crippen molar-refractivity contribution < 1.29 is 27.7 Å². The second-order valence-electron chi connectivity index (χ2n) is 26.1. The third kappa shape index (κ3) is 10.4. The van der Waals surface area contributed by atoms with Crippen molar-refractivity contribution in [2.24, 2.45) is 35.5 Å². The third-order valence-corrected chi connectivity index (χ3v) is 21.8. The molecular formula is C75H87N6O3+3. The molecule has 0 amide bonds. The molecule has 9 heteroatoms. The summed E-state index contributed by atoms with van der Waals surface area (Å²) >= 11 is 0. The SMILES string of the molecule is C=CCO[C@@H](c1ccnc2ccccc12)[C@H]1C[C@@H]2CC[N@@+]1(Cc1cc(C[N@@+]34CC[C@@H](C[C@@H]3[C@@H](OCC=C)c3ccnc5ccccc35)[C@@H](C=C)C4)cc(C[N@@+]34CC[C@@H](C[C@@H]3[C@@H](OCC=C)c3ccnc5ccccc35)[C@@H](C=C)C4)c1)C[C@@H]2C=C. The van der Waals surface area contributed by atoms with Crippen molar-refractivity contribution in [3.05, 3.63) is 237 Å². The summed E-state index contributed by atoms with van der Waals surface area (Å²) in [5.41, 5.74) is 11.0. The number of aromatic nitrogens is 3. The fraction of sp³-hybridized carbons (Fsp3) is 0.400.